The summed E-state index contributed by atoms with van der Waals surface area (Å²) in [4.78, 5) is 30.2. The van der Waals surface area contributed by atoms with E-state index in [0.29, 0.717) is 30.1 Å². The molecule has 0 aliphatic heterocycles. The highest BCUT2D eigenvalue weighted by molar-refractivity contribution is 7.12. The minimum Gasteiger partial charge on any atom is -0.467 e. The normalized spacial score (nSPS) is 11.3. The van der Waals surface area contributed by atoms with Gasteiger partial charge in [0.2, 0.25) is 5.91 Å². The monoisotopic (exact) mass is 453 g/mol. The molecular weight excluding hydrogens is 422 g/mol. The molecule has 0 saturated heterocycles. The van der Waals surface area contributed by atoms with Crippen molar-refractivity contribution in [1.29, 1.82) is 0 Å². The van der Waals surface area contributed by atoms with E-state index in [1.165, 1.54) is 11.3 Å². The molecule has 32 heavy (non-hydrogen) atoms. The molecule has 3 aromatic rings. The molecule has 0 bridgehead atoms. The maximum atomic E-state index is 13.2. The topological polar surface area (TPSA) is 65.8 Å². The van der Waals surface area contributed by atoms with Crippen molar-refractivity contribution in [3.05, 3.63) is 70.3 Å². The summed E-state index contributed by atoms with van der Waals surface area (Å²) >= 11 is 1.40. The van der Waals surface area contributed by atoms with Crippen molar-refractivity contribution < 1.29 is 14.0 Å². The highest BCUT2D eigenvalue weighted by Gasteiger charge is 2.23. The van der Waals surface area contributed by atoms with E-state index < -0.39 is 0 Å². The van der Waals surface area contributed by atoms with Gasteiger partial charge < -0.3 is 19.5 Å². The second-order valence-corrected chi connectivity index (χ2v) is 10.2. The first-order valence-electron chi connectivity index (χ1n) is 10.6. The summed E-state index contributed by atoms with van der Waals surface area (Å²) in [6, 6.07) is 13.2. The van der Waals surface area contributed by atoms with Gasteiger partial charge >= 0.3 is 0 Å². The zero-order valence-corrected chi connectivity index (χ0v) is 20.2. The van der Waals surface area contributed by atoms with E-state index in [2.05, 4.69) is 26.1 Å². The lowest BCUT2D eigenvalue weighted by Crippen LogP contribution is -2.33. The van der Waals surface area contributed by atoms with Gasteiger partial charge in [0.05, 0.1) is 17.7 Å². The predicted molar refractivity (Wildman–Crippen MR) is 130 cm³/mol. The molecule has 0 spiro atoms. The number of hydrogen-bond donors (Lipinski definition) is 1. The van der Waals surface area contributed by atoms with Crippen molar-refractivity contribution in [3.63, 3.8) is 0 Å². The van der Waals surface area contributed by atoms with Gasteiger partial charge in [0.15, 0.2) is 0 Å². The smallest absolute Gasteiger partial charge is 0.265 e. The van der Waals surface area contributed by atoms with E-state index in [-0.39, 0.29) is 17.2 Å². The molecule has 3 rings (SSSR count). The Hall–Kier alpha value is -3.06. The Morgan fingerprint density at radius 2 is 1.84 bits per heavy atom. The highest BCUT2D eigenvalue weighted by Crippen LogP contribution is 2.28. The Balaban J connectivity index is 1.88. The van der Waals surface area contributed by atoms with Crippen LogP contribution < -0.4 is 10.2 Å². The van der Waals surface area contributed by atoms with Crippen molar-refractivity contribution in [1.82, 2.24) is 4.90 Å². The molecule has 0 saturated carbocycles. The maximum absolute atomic E-state index is 13.2. The number of rotatable bonds is 8. The number of amides is 2. The molecular formula is C25H31N3O3S. The van der Waals surface area contributed by atoms with Crippen LogP contribution in [0.5, 0.6) is 0 Å². The standard InChI is InChI=1S/C25H31N3O3S/c1-25(2,3)15-23(29)28(17-20-8-6-12-31-20)16-18-14-19(10-11-21(18)27(4)5)26-24(30)22-9-7-13-32-22/h6-14H,15-17H2,1-5H3,(H,26,30). The Morgan fingerprint density at radius 1 is 1.06 bits per heavy atom. The van der Waals surface area contributed by atoms with Crippen LogP contribution in [0.25, 0.3) is 0 Å². The number of nitrogens with zero attached hydrogens (tertiary/aromatic N) is 2. The molecule has 2 aromatic heterocycles. The fourth-order valence-corrected chi connectivity index (χ4v) is 4.04. The molecule has 7 heteroatoms. The van der Waals surface area contributed by atoms with E-state index in [1.54, 1.807) is 12.3 Å². The SMILES string of the molecule is CN(C)c1ccc(NC(=O)c2cccs2)cc1CN(Cc1ccco1)C(=O)CC(C)(C)C. The van der Waals surface area contributed by atoms with Crippen LogP contribution in [0.3, 0.4) is 0 Å². The third kappa shape index (κ3) is 6.47. The number of benzene rings is 1. The first-order valence-corrected chi connectivity index (χ1v) is 11.5. The third-order valence-electron chi connectivity index (χ3n) is 4.89. The van der Waals surface area contributed by atoms with Crippen LogP contribution >= 0.6 is 11.3 Å². The van der Waals surface area contributed by atoms with Crippen LogP contribution in [0.4, 0.5) is 11.4 Å². The van der Waals surface area contributed by atoms with Crippen molar-refractivity contribution in [2.45, 2.75) is 40.3 Å². The van der Waals surface area contributed by atoms with Gasteiger partial charge in [-0.05, 0) is 52.8 Å². The van der Waals surface area contributed by atoms with Gasteiger partial charge in [0, 0.05) is 38.4 Å². The fraction of sp³-hybridized carbons (Fsp3) is 0.360. The quantitative estimate of drug-likeness (QED) is 0.480. The molecule has 0 aliphatic carbocycles. The summed E-state index contributed by atoms with van der Waals surface area (Å²) < 4.78 is 5.52. The summed E-state index contributed by atoms with van der Waals surface area (Å²) in [7, 11) is 3.94. The van der Waals surface area contributed by atoms with Gasteiger partial charge in [0.25, 0.3) is 5.91 Å². The second-order valence-electron chi connectivity index (χ2n) is 9.24. The first-order chi connectivity index (χ1) is 15.1. The molecule has 0 atom stereocenters. The predicted octanol–water partition coefficient (Wildman–Crippen LogP) is 5.62. The second kappa shape index (κ2) is 10.0. The summed E-state index contributed by atoms with van der Waals surface area (Å²) in [5.41, 5.74) is 2.52. The molecule has 6 nitrogen and oxygen atoms in total. The summed E-state index contributed by atoms with van der Waals surface area (Å²) in [5.74, 6) is 0.659. The van der Waals surface area contributed by atoms with E-state index in [0.717, 1.165) is 17.0 Å². The van der Waals surface area contributed by atoms with E-state index in [9.17, 15) is 9.59 Å². The molecule has 0 unspecified atom stereocenters. The molecule has 0 aliphatic rings. The van der Waals surface area contributed by atoms with Crippen LogP contribution in [0, 0.1) is 5.41 Å². The third-order valence-corrected chi connectivity index (χ3v) is 5.76. The van der Waals surface area contributed by atoms with Crippen LogP contribution in [-0.4, -0.2) is 30.8 Å². The summed E-state index contributed by atoms with van der Waals surface area (Å²) in [6.45, 7) is 6.97. The fourth-order valence-electron chi connectivity index (χ4n) is 3.42. The van der Waals surface area contributed by atoms with Crippen LogP contribution in [0.2, 0.25) is 0 Å². The number of carbonyl (C=O) groups excluding carboxylic acids is 2. The van der Waals surface area contributed by atoms with E-state index in [4.69, 9.17) is 4.42 Å². The molecule has 2 amide bonds. The van der Waals surface area contributed by atoms with E-state index >= 15 is 0 Å². The Kier molecular flexibility index (Phi) is 7.40. The molecule has 0 fully saturated rings. The number of carbonyl (C=O) groups is 2. The van der Waals surface area contributed by atoms with Gasteiger partial charge in [-0.1, -0.05) is 26.8 Å². The average molecular weight is 454 g/mol. The number of nitrogens with one attached hydrogen (secondary N) is 1. The lowest BCUT2D eigenvalue weighted by molar-refractivity contribution is -0.134. The zero-order valence-electron chi connectivity index (χ0n) is 19.3. The highest BCUT2D eigenvalue weighted by atomic mass is 32.1. The van der Waals surface area contributed by atoms with Gasteiger partial charge in [-0.25, -0.2) is 0 Å². The van der Waals surface area contributed by atoms with E-state index in [1.807, 2.05) is 65.7 Å². The minimum absolute atomic E-state index is 0.0617. The lowest BCUT2D eigenvalue weighted by atomic mass is 9.91. The molecule has 170 valence electrons. The van der Waals surface area contributed by atoms with Crippen LogP contribution in [0.1, 0.15) is 48.2 Å². The number of furan rings is 1. The van der Waals surface area contributed by atoms with Gasteiger partial charge in [-0.3, -0.25) is 9.59 Å². The summed E-state index contributed by atoms with van der Waals surface area (Å²) in [5, 5.41) is 4.85. The van der Waals surface area contributed by atoms with Gasteiger partial charge in [-0.2, -0.15) is 0 Å². The maximum Gasteiger partial charge on any atom is 0.265 e. The average Bonchev–Trinajstić information content (AvgIpc) is 3.40. The molecule has 1 aromatic carbocycles. The number of anilines is 2. The first kappa shape index (κ1) is 23.6. The molecule has 0 radical (unpaired) electrons. The molecule has 2 heterocycles. The lowest BCUT2D eigenvalue weighted by Gasteiger charge is -2.28. The minimum atomic E-state index is -0.139. The Labute approximate surface area is 193 Å². The van der Waals surface area contributed by atoms with Crippen molar-refractivity contribution in [2.24, 2.45) is 5.41 Å². The van der Waals surface area contributed by atoms with Crippen LogP contribution in [-0.2, 0) is 17.9 Å². The van der Waals surface area contributed by atoms with Crippen molar-refractivity contribution >= 4 is 34.5 Å². The Morgan fingerprint density at radius 3 is 2.44 bits per heavy atom. The largest absolute Gasteiger partial charge is 0.467 e. The van der Waals surface area contributed by atoms with Crippen LogP contribution in [0.15, 0.2) is 58.5 Å². The molecule has 1 N–H and O–H groups in total. The van der Waals surface area contributed by atoms with Crippen molar-refractivity contribution in [2.75, 3.05) is 24.3 Å². The Bertz CT molecular complexity index is 1040. The van der Waals surface area contributed by atoms with Gasteiger partial charge in [-0.15, -0.1) is 11.3 Å². The van der Waals surface area contributed by atoms with Gasteiger partial charge in [0.1, 0.15) is 5.76 Å². The van der Waals surface area contributed by atoms with Crippen molar-refractivity contribution in [3.8, 4) is 0 Å². The number of hydrogen-bond acceptors (Lipinski definition) is 5. The number of thiophene rings is 1. The zero-order chi connectivity index (χ0) is 23.3. The summed E-state index contributed by atoms with van der Waals surface area (Å²) in [6.07, 6.45) is 2.05.